The third-order valence-electron chi connectivity index (χ3n) is 3.00. The van der Waals surface area contributed by atoms with Gasteiger partial charge in [0.25, 0.3) is 0 Å². The Labute approximate surface area is 136 Å². The van der Waals surface area contributed by atoms with E-state index in [2.05, 4.69) is 15.3 Å². The lowest BCUT2D eigenvalue weighted by molar-refractivity contribution is -0.206. The number of aromatic nitrogens is 2. The number of anilines is 1. The number of aliphatic hydroxyl groups is 1. The van der Waals surface area contributed by atoms with Crippen LogP contribution in [0.4, 0.5) is 18.9 Å². The third-order valence-corrected chi connectivity index (χ3v) is 3.21. The predicted molar refractivity (Wildman–Crippen MR) is 82.3 cm³/mol. The molecule has 2 aromatic rings. The van der Waals surface area contributed by atoms with Crippen molar-refractivity contribution in [3.63, 3.8) is 0 Å². The number of nitrogens with zero attached hydrogens (tertiary/aromatic N) is 2. The Hall–Kier alpha value is -1.86. The third kappa shape index (κ3) is 4.33. The van der Waals surface area contributed by atoms with Crippen LogP contribution in [0.5, 0.6) is 0 Å². The maximum absolute atomic E-state index is 12.5. The number of pyridine rings is 2. The van der Waals surface area contributed by atoms with Crippen LogP contribution in [0.1, 0.15) is 25.5 Å². The monoisotopic (exact) mass is 345 g/mol. The Morgan fingerprint density at radius 3 is 2.39 bits per heavy atom. The van der Waals surface area contributed by atoms with Crippen molar-refractivity contribution >= 4 is 17.3 Å². The van der Waals surface area contributed by atoms with Gasteiger partial charge in [-0.25, -0.2) is 4.98 Å². The molecule has 0 saturated carbocycles. The fourth-order valence-corrected chi connectivity index (χ4v) is 2.14. The molecule has 1 unspecified atom stereocenters. The normalized spacial score (nSPS) is 13.2. The van der Waals surface area contributed by atoms with Gasteiger partial charge in [-0.3, -0.25) is 4.98 Å². The van der Waals surface area contributed by atoms with E-state index in [1.165, 1.54) is 18.3 Å². The molecule has 0 aromatic carbocycles. The second-order valence-electron chi connectivity index (χ2n) is 5.27. The topological polar surface area (TPSA) is 58.0 Å². The number of rotatable bonds is 4. The van der Waals surface area contributed by atoms with Gasteiger partial charge in [-0.1, -0.05) is 17.7 Å². The first-order valence-electron chi connectivity index (χ1n) is 6.81. The summed E-state index contributed by atoms with van der Waals surface area (Å²) in [4.78, 5) is 7.97. The number of hydrogen-bond acceptors (Lipinski definition) is 4. The van der Waals surface area contributed by atoms with Crippen molar-refractivity contribution in [1.82, 2.24) is 9.97 Å². The Morgan fingerprint density at radius 1 is 1.17 bits per heavy atom. The van der Waals surface area contributed by atoms with Gasteiger partial charge in [-0.05, 0) is 26.0 Å². The summed E-state index contributed by atoms with van der Waals surface area (Å²) in [5.41, 5.74) is 1.39. The van der Waals surface area contributed by atoms with Crippen LogP contribution in [-0.2, 0) is 0 Å². The van der Waals surface area contributed by atoms with Crippen molar-refractivity contribution < 1.29 is 18.3 Å². The summed E-state index contributed by atoms with van der Waals surface area (Å²) in [5, 5.41) is 12.7. The molecule has 0 radical (unpaired) electrons. The van der Waals surface area contributed by atoms with Gasteiger partial charge in [0, 0.05) is 35.2 Å². The second kappa shape index (κ2) is 6.72. The molecule has 1 atom stereocenters. The van der Waals surface area contributed by atoms with E-state index in [-0.39, 0.29) is 11.6 Å². The zero-order valence-electron chi connectivity index (χ0n) is 12.4. The molecule has 2 N–H and O–H groups in total. The van der Waals surface area contributed by atoms with E-state index in [0.29, 0.717) is 22.1 Å². The van der Waals surface area contributed by atoms with Crippen LogP contribution >= 0.6 is 11.6 Å². The van der Waals surface area contributed by atoms with Crippen molar-refractivity contribution in [2.45, 2.75) is 32.2 Å². The first-order chi connectivity index (χ1) is 10.7. The van der Waals surface area contributed by atoms with Gasteiger partial charge in [0.1, 0.15) is 5.15 Å². The van der Waals surface area contributed by atoms with Gasteiger partial charge >= 0.3 is 6.18 Å². The summed E-state index contributed by atoms with van der Waals surface area (Å²) in [6.45, 7) is 3.88. The largest absolute Gasteiger partial charge is 0.418 e. The van der Waals surface area contributed by atoms with Crippen LogP contribution in [0.25, 0.3) is 11.3 Å². The Morgan fingerprint density at radius 2 is 1.87 bits per heavy atom. The van der Waals surface area contributed by atoms with Crippen LogP contribution < -0.4 is 5.32 Å². The molecule has 2 aromatic heterocycles. The van der Waals surface area contributed by atoms with Crippen molar-refractivity contribution in [2.75, 3.05) is 5.32 Å². The average Bonchev–Trinajstić information content (AvgIpc) is 2.45. The van der Waals surface area contributed by atoms with Gasteiger partial charge in [0.15, 0.2) is 6.10 Å². The van der Waals surface area contributed by atoms with Gasteiger partial charge in [-0.15, -0.1) is 0 Å². The van der Waals surface area contributed by atoms with Crippen LogP contribution in [0.2, 0.25) is 5.15 Å². The second-order valence-corrected chi connectivity index (χ2v) is 5.66. The maximum atomic E-state index is 12.5. The van der Waals surface area contributed by atoms with Crippen molar-refractivity contribution in [3.8, 4) is 11.3 Å². The summed E-state index contributed by atoms with van der Waals surface area (Å²) in [6.07, 6.45) is -4.79. The van der Waals surface area contributed by atoms with Crippen molar-refractivity contribution in [2.24, 2.45) is 0 Å². The van der Waals surface area contributed by atoms with E-state index < -0.39 is 12.3 Å². The molecule has 0 aliphatic carbocycles. The molecule has 0 aliphatic heterocycles. The van der Waals surface area contributed by atoms with E-state index in [0.717, 1.165) is 6.20 Å². The molecule has 2 rings (SSSR count). The number of halogens is 4. The molecule has 0 amide bonds. The van der Waals surface area contributed by atoms with Crippen molar-refractivity contribution in [1.29, 1.82) is 0 Å². The molecule has 0 fully saturated rings. The lowest BCUT2D eigenvalue weighted by Crippen LogP contribution is -2.20. The molecule has 2 heterocycles. The minimum absolute atomic E-state index is 0.124. The highest BCUT2D eigenvalue weighted by Gasteiger charge is 2.39. The Kier molecular flexibility index (Phi) is 5.11. The average molecular weight is 346 g/mol. The summed E-state index contributed by atoms with van der Waals surface area (Å²) in [7, 11) is 0. The van der Waals surface area contributed by atoms with E-state index in [1.54, 1.807) is 6.07 Å². The van der Waals surface area contributed by atoms with E-state index in [4.69, 9.17) is 11.6 Å². The standard InChI is InChI=1S/C15H15ClF3N3O/c1-8(2)22-12-5-13(16)21-7-10(12)11-4-3-9(6-20-11)14(23)15(17,18)19/h3-8,14,23H,1-2H3,(H,21,22). The van der Waals surface area contributed by atoms with E-state index >= 15 is 0 Å². The van der Waals surface area contributed by atoms with Gasteiger partial charge in [0.05, 0.1) is 5.69 Å². The minimum atomic E-state index is -4.73. The van der Waals surface area contributed by atoms with E-state index in [1.807, 2.05) is 13.8 Å². The summed E-state index contributed by atoms with van der Waals surface area (Å²) < 4.78 is 37.5. The number of nitrogens with one attached hydrogen (secondary N) is 1. The lowest BCUT2D eigenvalue weighted by atomic mass is 10.1. The molecule has 0 saturated heterocycles. The fraction of sp³-hybridized carbons (Fsp3) is 0.333. The minimum Gasteiger partial charge on any atom is -0.382 e. The van der Waals surface area contributed by atoms with Crippen LogP contribution in [0, 0.1) is 0 Å². The zero-order chi connectivity index (χ0) is 17.2. The van der Waals surface area contributed by atoms with E-state index in [9.17, 15) is 18.3 Å². The molecule has 8 heteroatoms. The highest BCUT2D eigenvalue weighted by Crippen LogP contribution is 2.33. The molecule has 124 valence electrons. The molecule has 0 aliphatic rings. The molecule has 4 nitrogen and oxygen atoms in total. The Bertz CT molecular complexity index is 675. The summed E-state index contributed by atoms with van der Waals surface area (Å²) in [5.74, 6) is 0. The first-order valence-corrected chi connectivity index (χ1v) is 7.19. The maximum Gasteiger partial charge on any atom is 0.418 e. The Balaban J connectivity index is 2.36. The van der Waals surface area contributed by atoms with Crippen LogP contribution in [0.15, 0.2) is 30.6 Å². The van der Waals surface area contributed by atoms with Gasteiger partial charge in [-0.2, -0.15) is 13.2 Å². The molecule has 23 heavy (non-hydrogen) atoms. The molecular formula is C15H15ClF3N3O. The number of alkyl halides is 3. The lowest BCUT2D eigenvalue weighted by Gasteiger charge is -2.16. The summed E-state index contributed by atoms with van der Waals surface area (Å²) in [6, 6.07) is 4.34. The highest BCUT2D eigenvalue weighted by molar-refractivity contribution is 6.29. The van der Waals surface area contributed by atoms with Crippen molar-refractivity contribution in [3.05, 3.63) is 41.3 Å². The summed E-state index contributed by atoms with van der Waals surface area (Å²) >= 11 is 5.88. The zero-order valence-corrected chi connectivity index (χ0v) is 13.2. The van der Waals surface area contributed by atoms with Crippen LogP contribution in [-0.4, -0.2) is 27.3 Å². The fourth-order valence-electron chi connectivity index (χ4n) is 1.98. The predicted octanol–water partition coefficient (Wildman–Crippen LogP) is 4.21. The number of hydrogen-bond donors (Lipinski definition) is 2. The molecular weight excluding hydrogens is 331 g/mol. The molecule has 0 spiro atoms. The SMILES string of the molecule is CC(C)Nc1cc(Cl)ncc1-c1ccc(C(O)C(F)(F)F)cn1. The van der Waals surface area contributed by atoms with Crippen LogP contribution in [0.3, 0.4) is 0 Å². The van der Waals surface area contributed by atoms with Gasteiger partial charge in [0.2, 0.25) is 0 Å². The number of aliphatic hydroxyl groups excluding tert-OH is 1. The van der Waals surface area contributed by atoms with Gasteiger partial charge < -0.3 is 10.4 Å². The molecule has 0 bridgehead atoms. The quantitative estimate of drug-likeness (QED) is 0.815. The smallest absolute Gasteiger partial charge is 0.382 e. The first kappa shape index (κ1) is 17.5. The highest BCUT2D eigenvalue weighted by atomic mass is 35.5.